The molecule has 0 aromatic carbocycles. The molecule has 0 radical (unpaired) electrons. The predicted octanol–water partition coefficient (Wildman–Crippen LogP) is 2.77. The molecule has 6 nitrogen and oxygen atoms in total. The fourth-order valence-electron chi connectivity index (χ4n) is 2.47. The second kappa shape index (κ2) is 4.96. The first-order chi connectivity index (χ1) is 9.66. The number of carbonyl (C=O) groups is 1. The zero-order chi connectivity index (χ0) is 14.1. The number of aryl methyl sites for hydroxylation is 1. The van der Waals surface area contributed by atoms with Crippen LogP contribution in [-0.2, 0) is 4.79 Å². The van der Waals surface area contributed by atoms with E-state index in [0.717, 1.165) is 5.56 Å². The van der Waals surface area contributed by atoms with Crippen molar-refractivity contribution in [2.24, 2.45) is 5.92 Å². The summed E-state index contributed by atoms with van der Waals surface area (Å²) in [6, 6.07) is 1.76. The van der Waals surface area contributed by atoms with Crippen molar-refractivity contribution in [2.75, 3.05) is 0 Å². The van der Waals surface area contributed by atoms with E-state index in [4.69, 9.17) is 8.94 Å². The largest absolute Gasteiger partial charge is 0.481 e. The van der Waals surface area contributed by atoms with Gasteiger partial charge in [0.25, 0.3) is 0 Å². The van der Waals surface area contributed by atoms with Crippen LogP contribution in [0.3, 0.4) is 0 Å². The van der Waals surface area contributed by atoms with E-state index in [0.29, 0.717) is 30.3 Å². The number of aromatic nitrogens is 2. The highest BCUT2D eigenvalue weighted by Crippen LogP contribution is 2.35. The summed E-state index contributed by atoms with van der Waals surface area (Å²) in [4.78, 5) is 15.6. The van der Waals surface area contributed by atoms with Crippen molar-refractivity contribution in [1.29, 1.82) is 0 Å². The molecule has 2 heterocycles. The van der Waals surface area contributed by atoms with Crippen molar-refractivity contribution in [3.05, 3.63) is 36.1 Å². The van der Waals surface area contributed by atoms with Gasteiger partial charge in [-0.2, -0.15) is 4.98 Å². The van der Waals surface area contributed by atoms with Gasteiger partial charge >= 0.3 is 5.97 Å². The third-order valence-corrected chi connectivity index (χ3v) is 3.61. The minimum absolute atomic E-state index is 0.272. The normalized spacial score (nSPS) is 22.1. The standard InChI is InChI=1S/C14H14N2O4/c1-8-9(6-7-19-8)12-15-13(20-16-12)10-4-2-3-5-11(10)14(17)18/h2-3,6-7,10-11H,4-5H2,1H3,(H,17,18). The van der Waals surface area contributed by atoms with Crippen molar-refractivity contribution >= 4 is 5.97 Å². The van der Waals surface area contributed by atoms with Crippen LogP contribution in [0.4, 0.5) is 0 Å². The van der Waals surface area contributed by atoms with Crippen LogP contribution in [0, 0.1) is 12.8 Å². The van der Waals surface area contributed by atoms with E-state index in [1.165, 1.54) is 0 Å². The van der Waals surface area contributed by atoms with E-state index in [1.807, 2.05) is 19.1 Å². The molecule has 2 aromatic heterocycles. The molecule has 3 rings (SSSR count). The van der Waals surface area contributed by atoms with Crippen LogP contribution in [-0.4, -0.2) is 21.2 Å². The van der Waals surface area contributed by atoms with Crippen molar-refractivity contribution in [3.8, 4) is 11.4 Å². The molecule has 0 amide bonds. The summed E-state index contributed by atoms with van der Waals surface area (Å²) < 4.78 is 10.5. The Labute approximate surface area is 115 Å². The van der Waals surface area contributed by atoms with Gasteiger partial charge in [0.1, 0.15) is 5.76 Å². The van der Waals surface area contributed by atoms with E-state index in [1.54, 1.807) is 12.3 Å². The molecule has 2 aromatic rings. The Morgan fingerprint density at radius 2 is 2.20 bits per heavy atom. The molecule has 0 saturated carbocycles. The Bertz CT molecular complexity index is 656. The van der Waals surface area contributed by atoms with Crippen molar-refractivity contribution in [3.63, 3.8) is 0 Å². The molecule has 2 unspecified atom stereocenters. The number of furan rings is 1. The number of hydrogen-bond donors (Lipinski definition) is 1. The van der Waals surface area contributed by atoms with Gasteiger partial charge in [0, 0.05) is 0 Å². The second-order valence-electron chi connectivity index (χ2n) is 4.84. The lowest BCUT2D eigenvalue weighted by molar-refractivity contribution is -0.142. The molecule has 1 aliphatic carbocycles. The smallest absolute Gasteiger partial charge is 0.307 e. The average molecular weight is 274 g/mol. The highest BCUT2D eigenvalue weighted by Gasteiger charge is 2.34. The number of carboxylic acid groups (broad SMARTS) is 1. The first-order valence-corrected chi connectivity index (χ1v) is 6.42. The first kappa shape index (κ1) is 12.7. The fraction of sp³-hybridized carbons (Fsp3) is 0.357. The highest BCUT2D eigenvalue weighted by molar-refractivity contribution is 5.71. The maximum absolute atomic E-state index is 11.3. The maximum atomic E-state index is 11.3. The molecule has 0 bridgehead atoms. The molecule has 2 atom stereocenters. The lowest BCUT2D eigenvalue weighted by atomic mass is 9.83. The van der Waals surface area contributed by atoms with Crippen LogP contribution in [0.1, 0.15) is 30.4 Å². The summed E-state index contributed by atoms with van der Waals surface area (Å²) in [5.74, 6) is -0.110. The molecule has 0 aliphatic heterocycles. The van der Waals surface area contributed by atoms with Crippen LogP contribution < -0.4 is 0 Å². The predicted molar refractivity (Wildman–Crippen MR) is 69.0 cm³/mol. The Kier molecular flexibility index (Phi) is 3.14. The second-order valence-corrected chi connectivity index (χ2v) is 4.84. The third kappa shape index (κ3) is 2.13. The van der Waals surface area contributed by atoms with Crippen molar-refractivity contribution in [2.45, 2.75) is 25.7 Å². The van der Waals surface area contributed by atoms with Gasteiger partial charge in [-0.25, -0.2) is 0 Å². The van der Waals surface area contributed by atoms with Gasteiger partial charge in [0.15, 0.2) is 0 Å². The summed E-state index contributed by atoms with van der Waals surface area (Å²) in [6.45, 7) is 1.81. The molecule has 20 heavy (non-hydrogen) atoms. The summed E-state index contributed by atoms with van der Waals surface area (Å²) in [7, 11) is 0. The van der Waals surface area contributed by atoms with Gasteiger partial charge in [-0.3, -0.25) is 4.79 Å². The van der Waals surface area contributed by atoms with Gasteiger partial charge < -0.3 is 14.0 Å². The lowest BCUT2D eigenvalue weighted by Gasteiger charge is -2.21. The number of aliphatic carboxylic acids is 1. The SMILES string of the molecule is Cc1occc1-c1noc(C2CC=CCC2C(=O)O)n1. The molecule has 104 valence electrons. The minimum atomic E-state index is -0.835. The maximum Gasteiger partial charge on any atom is 0.307 e. The number of allylic oxidation sites excluding steroid dienone is 2. The first-order valence-electron chi connectivity index (χ1n) is 6.42. The van der Waals surface area contributed by atoms with E-state index in [9.17, 15) is 9.90 Å². The van der Waals surface area contributed by atoms with Crippen molar-refractivity contribution < 1.29 is 18.8 Å². The fourth-order valence-corrected chi connectivity index (χ4v) is 2.47. The van der Waals surface area contributed by atoms with Gasteiger partial charge in [-0.15, -0.1) is 0 Å². The molecule has 0 fully saturated rings. The summed E-state index contributed by atoms with van der Waals surface area (Å²) >= 11 is 0. The van der Waals surface area contributed by atoms with Crippen LogP contribution in [0.5, 0.6) is 0 Å². The Balaban J connectivity index is 1.91. The summed E-state index contributed by atoms with van der Waals surface area (Å²) in [5.41, 5.74) is 0.762. The average Bonchev–Trinajstić information content (AvgIpc) is 3.07. The molecule has 0 saturated heterocycles. The van der Waals surface area contributed by atoms with Gasteiger partial charge in [0.05, 0.1) is 23.7 Å². The number of rotatable bonds is 3. The molecule has 6 heteroatoms. The summed E-state index contributed by atoms with van der Waals surface area (Å²) in [5, 5.41) is 13.2. The molecular weight excluding hydrogens is 260 g/mol. The zero-order valence-corrected chi connectivity index (χ0v) is 10.9. The quantitative estimate of drug-likeness (QED) is 0.865. The molecular formula is C14H14N2O4. The van der Waals surface area contributed by atoms with E-state index in [-0.39, 0.29) is 5.92 Å². The number of hydrogen-bond acceptors (Lipinski definition) is 5. The van der Waals surface area contributed by atoms with Crippen molar-refractivity contribution in [1.82, 2.24) is 10.1 Å². The topological polar surface area (TPSA) is 89.4 Å². The van der Waals surface area contributed by atoms with Gasteiger partial charge in [0.2, 0.25) is 11.7 Å². The van der Waals surface area contributed by atoms with Crippen LogP contribution in [0.25, 0.3) is 11.4 Å². The van der Waals surface area contributed by atoms with Crippen LogP contribution >= 0.6 is 0 Å². The highest BCUT2D eigenvalue weighted by atomic mass is 16.5. The van der Waals surface area contributed by atoms with Crippen LogP contribution in [0.2, 0.25) is 0 Å². The third-order valence-electron chi connectivity index (χ3n) is 3.61. The monoisotopic (exact) mass is 274 g/mol. The Hall–Kier alpha value is -2.37. The van der Waals surface area contributed by atoms with Gasteiger partial charge in [-0.05, 0) is 25.8 Å². The Morgan fingerprint density at radius 3 is 2.90 bits per heavy atom. The minimum Gasteiger partial charge on any atom is -0.481 e. The molecule has 1 aliphatic rings. The van der Waals surface area contributed by atoms with E-state index < -0.39 is 11.9 Å². The van der Waals surface area contributed by atoms with Crippen LogP contribution in [0.15, 0.2) is 33.4 Å². The van der Waals surface area contributed by atoms with E-state index >= 15 is 0 Å². The molecule has 1 N–H and O–H groups in total. The zero-order valence-electron chi connectivity index (χ0n) is 10.9. The lowest BCUT2D eigenvalue weighted by Crippen LogP contribution is -2.23. The van der Waals surface area contributed by atoms with Gasteiger partial charge in [-0.1, -0.05) is 17.3 Å². The summed E-state index contributed by atoms with van der Waals surface area (Å²) in [6.07, 6.45) is 6.49. The van der Waals surface area contributed by atoms with E-state index in [2.05, 4.69) is 10.1 Å². The number of carboxylic acids is 1. The Morgan fingerprint density at radius 1 is 1.40 bits per heavy atom. The number of nitrogens with zero attached hydrogens (tertiary/aromatic N) is 2. The molecule has 0 spiro atoms.